The minimum absolute atomic E-state index is 0.184. The SMILES string of the molecule is CCC(C)COC(=O)[C@H](C)NP(=O)(CO[C@H](C)Cn1cnc2c(N)ncnc21)OCOC(=O)OC(C)C. The van der Waals surface area contributed by atoms with E-state index >= 15 is 0 Å². The summed E-state index contributed by atoms with van der Waals surface area (Å²) in [6.45, 7) is 10.3. The third kappa shape index (κ3) is 9.88. The summed E-state index contributed by atoms with van der Waals surface area (Å²) in [5.74, 6) is -0.160. The van der Waals surface area contributed by atoms with Crippen LogP contribution in [-0.2, 0) is 39.4 Å². The maximum absolute atomic E-state index is 13.5. The highest BCUT2D eigenvalue weighted by molar-refractivity contribution is 7.56. The molecule has 3 N–H and O–H groups in total. The van der Waals surface area contributed by atoms with E-state index in [1.54, 1.807) is 31.7 Å². The van der Waals surface area contributed by atoms with Gasteiger partial charge in [0, 0.05) is 0 Å². The summed E-state index contributed by atoms with van der Waals surface area (Å²) in [4.78, 5) is 36.4. The second-order valence-electron chi connectivity index (χ2n) is 8.91. The smallest absolute Gasteiger partial charge is 0.464 e. The molecule has 2 unspecified atom stereocenters. The number of nitrogens with zero attached hydrogens (tertiary/aromatic N) is 4. The van der Waals surface area contributed by atoms with Gasteiger partial charge in [-0.25, -0.2) is 24.8 Å². The van der Waals surface area contributed by atoms with Gasteiger partial charge in [-0.2, -0.15) is 0 Å². The molecule has 14 nitrogen and oxygen atoms in total. The number of nitrogens with two attached hydrogens (primary N) is 1. The van der Waals surface area contributed by atoms with E-state index in [4.69, 9.17) is 29.2 Å². The van der Waals surface area contributed by atoms with Crippen LogP contribution in [0, 0.1) is 5.92 Å². The van der Waals surface area contributed by atoms with Crippen LogP contribution in [0.25, 0.3) is 11.2 Å². The van der Waals surface area contributed by atoms with Crippen LogP contribution in [-0.4, -0.2) is 69.6 Å². The minimum atomic E-state index is -3.85. The Bertz CT molecular complexity index is 1080. The van der Waals surface area contributed by atoms with Crippen molar-refractivity contribution in [1.29, 1.82) is 0 Å². The molecule has 15 heteroatoms. The molecule has 2 rings (SSSR count). The number of fused-ring (bicyclic) bond motifs is 1. The molecule has 0 saturated carbocycles. The average Bonchev–Trinajstić information content (AvgIpc) is 3.24. The van der Waals surface area contributed by atoms with E-state index in [2.05, 4.69) is 20.0 Å². The van der Waals surface area contributed by atoms with Crippen LogP contribution in [0.3, 0.4) is 0 Å². The van der Waals surface area contributed by atoms with Crippen LogP contribution in [0.1, 0.15) is 48.0 Å². The maximum Gasteiger partial charge on any atom is 0.510 e. The fourth-order valence-corrected chi connectivity index (χ4v) is 4.49. The summed E-state index contributed by atoms with van der Waals surface area (Å²) in [5.41, 5.74) is 6.81. The fraction of sp³-hybridized carbons (Fsp3) is 0.682. The summed E-state index contributed by atoms with van der Waals surface area (Å²) >= 11 is 0. The number of rotatable bonds is 15. The standard InChI is InChI=1S/C22H37N6O8P/c1-7-15(4)9-32-21(29)17(6)27-37(31,35-12-33-22(30)36-14(2)3)13-34-16(5)8-28-11-26-18-19(23)24-10-25-20(18)28/h10-11,14-17H,7-9,12-13H2,1-6H3,(H,27,31)(H2,23,24,25)/t15?,16-,17+,37?/m1/s1. The number of nitrogen functional groups attached to an aromatic ring is 1. The van der Waals surface area contributed by atoms with Crippen molar-refractivity contribution in [2.24, 2.45) is 5.92 Å². The van der Waals surface area contributed by atoms with Crippen LogP contribution in [0.2, 0.25) is 0 Å². The van der Waals surface area contributed by atoms with E-state index in [-0.39, 0.29) is 18.3 Å². The lowest BCUT2D eigenvalue weighted by atomic mass is 10.1. The number of carbonyl (C=O) groups is 2. The van der Waals surface area contributed by atoms with Crippen molar-refractivity contribution in [3.8, 4) is 0 Å². The van der Waals surface area contributed by atoms with Gasteiger partial charge in [0.2, 0.25) is 6.79 Å². The molecule has 4 atom stereocenters. The molecule has 0 aliphatic heterocycles. The lowest BCUT2D eigenvalue weighted by Gasteiger charge is -2.24. The Balaban J connectivity index is 2.02. The van der Waals surface area contributed by atoms with Crippen molar-refractivity contribution >= 4 is 36.6 Å². The molecule has 0 aliphatic carbocycles. The normalized spacial score (nSPS) is 15.6. The zero-order valence-electron chi connectivity index (χ0n) is 22.1. The van der Waals surface area contributed by atoms with Gasteiger partial charge >= 0.3 is 12.1 Å². The van der Waals surface area contributed by atoms with E-state index in [1.807, 2.05) is 13.8 Å². The zero-order valence-corrected chi connectivity index (χ0v) is 23.0. The highest BCUT2D eigenvalue weighted by Crippen LogP contribution is 2.43. The highest BCUT2D eigenvalue weighted by Gasteiger charge is 2.31. The Morgan fingerprint density at radius 2 is 1.86 bits per heavy atom. The Labute approximate surface area is 216 Å². The van der Waals surface area contributed by atoms with Gasteiger partial charge in [-0.1, -0.05) is 20.3 Å². The molecule has 2 aromatic rings. The minimum Gasteiger partial charge on any atom is -0.464 e. The Hall–Kier alpha value is -2.80. The van der Waals surface area contributed by atoms with E-state index in [1.165, 1.54) is 13.3 Å². The van der Waals surface area contributed by atoms with Gasteiger partial charge in [-0.3, -0.25) is 13.9 Å². The molecule has 208 valence electrons. The summed E-state index contributed by atoms with van der Waals surface area (Å²) < 4.78 is 41.4. The van der Waals surface area contributed by atoms with Crippen LogP contribution in [0.15, 0.2) is 12.7 Å². The van der Waals surface area contributed by atoms with Crippen LogP contribution in [0.5, 0.6) is 0 Å². The third-order valence-corrected chi connectivity index (χ3v) is 6.93. The highest BCUT2D eigenvalue weighted by atomic mass is 31.2. The van der Waals surface area contributed by atoms with Crippen molar-refractivity contribution in [2.45, 2.75) is 72.8 Å². The van der Waals surface area contributed by atoms with Crippen molar-refractivity contribution in [3.63, 3.8) is 0 Å². The number of anilines is 1. The van der Waals surface area contributed by atoms with E-state index in [9.17, 15) is 14.2 Å². The number of imidazole rings is 1. The largest absolute Gasteiger partial charge is 0.510 e. The van der Waals surface area contributed by atoms with Crippen molar-refractivity contribution in [2.75, 3.05) is 25.5 Å². The monoisotopic (exact) mass is 544 g/mol. The molecule has 0 aromatic carbocycles. The Morgan fingerprint density at radius 1 is 1.14 bits per heavy atom. The number of ether oxygens (including phenoxy) is 4. The number of esters is 1. The molecular formula is C22H37N6O8P. The molecule has 37 heavy (non-hydrogen) atoms. The topological polar surface area (TPSA) is 179 Å². The number of hydrogen-bond donors (Lipinski definition) is 2. The van der Waals surface area contributed by atoms with Crippen LogP contribution >= 0.6 is 7.52 Å². The lowest BCUT2D eigenvalue weighted by molar-refractivity contribution is -0.146. The molecule has 0 bridgehead atoms. The number of hydrogen-bond acceptors (Lipinski definition) is 12. The lowest BCUT2D eigenvalue weighted by Crippen LogP contribution is -2.36. The van der Waals surface area contributed by atoms with Gasteiger partial charge in [-0.15, -0.1) is 0 Å². The predicted octanol–water partition coefficient (Wildman–Crippen LogP) is 3.07. The van der Waals surface area contributed by atoms with Gasteiger partial charge in [0.15, 0.2) is 11.5 Å². The molecule has 0 radical (unpaired) electrons. The molecule has 0 fully saturated rings. The van der Waals surface area contributed by atoms with Crippen molar-refractivity contribution < 1.29 is 37.6 Å². The number of aromatic nitrogens is 4. The quantitative estimate of drug-likeness (QED) is 0.190. The number of carbonyl (C=O) groups excluding carboxylic acids is 2. The first kappa shape index (κ1) is 30.4. The van der Waals surface area contributed by atoms with Crippen LogP contribution < -0.4 is 10.8 Å². The first-order valence-electron chi connectivity index (χ1n) is 12.0. The Kier molecular flexibility index (Phi) is 11.7. The van der Waals surface area contributed by atoms with Gasteiger partial charge in [0.1, 0.15) is 24.2 Å². The van der Waals surface area contributed by atoms with Gasteiger partial charge in [0.05, 0.1) is 31.7 Å². The second kappa shape index (κ2) is 14.2. The van der Waals surface area contributed by atoms with Gasteiger partial charge < -0.3 is 29.2 Å². The maximum atomic E-state index is 13.5. The van der Waals surface area contributed by atoms with Crippen LogP contribution in [0.4, 0.5) is 10.6 Å². The average molecular weight is 545 g/mol. The fourth-order valence-electron chi connectivity index (χ4n) is 2.90. The van der Waals surface area contributed by atoms with E-state index in [0.29, 0.717) is 17.7 Å². The summed E-state index contributed by atoms with van der Waals surface area (Å²) in [6.07, 6.45) is 1.44. The molecule has 0 saturated heterocycles. The molecule has 2 heterocycles. The first-order chi connectivity index (χ1) is 17.4. The third-order valence-electron chi connectivity index (χ3n) is 5.13. The van der Waals surface area contributed by atoms with Crippen molar-refractivity contribution in [3.05, 3.63) is 12.7 Å². The zero-order chi connectivity index (χ0) is 27.6. The second-order valence-corrected chi connectivity index (χ2v) is 11.0. The van der Waals surface area contributed by atoms with E-state index in [0.717, 1.165) is 6.42 Å². The van der Waals surface area contributed by atoms with Crippen molar-refractivity contribution in [1.82, 2.24) is 24.6 Å². The first-order valence-corrected chi connectivity index (χ1v) is 13.8. The summed E-state index contributed by atoms with van der Waals surface area (Å²) in [6, 6.07) is -0.978. The molecular weight excluding hydrogens is 507 g/mol. The van der Waals surface area contributed by atoms with E-state index < -0.39 is 51.0 Å². The van der Waals surface area contributed by atoms with Gasteiger partial charge in [0.25, 0.3) is 7.52 Å². The Morgan fingerprint density at radius 3 is 2.54 bits per heavy atom. The summed E-state index contributed by atoms with van der Waals surface area (Å²) in [5, 5.41) is 2.65. The number of nitrogens with one attached hydrogen (secondary N) is 1. The molecule has 0 spiro atoms. The molecule has 0 aliphatic rings. The summed E-state index contributed by atoms with van der Waals surface area (Å²) in [7, 11) is -3.85. The van der Waals surface area contributed by atoms with Gasteiger partial charge in [-0.05, 0) is 33.6 Å². The molecule has 0 amide bonds. The predicted molar refractivity (Wildman–Crippen MR) is 134 cm³/mol. The molecule has 2 aromatic heterocycles.